The number of aromatic nitrogens is 2. The highest BCUT2D eigenvalue weighted by Gasteiger charge is 2.20. The van der Waals surface area contributed by atoms with Gasteiger partial charge in [0.2, 0.25) is 0 Å². The molecule has 114 valence electrons. The van der Waals surface area contributed by atoms with Crippen molar-refractivity contribution in [1.29, 1.82) is 0 Å². The lowest BCUT2D eigenvalue weighted by molar-refractivity contribution is 0.401. The summed E-state index contributed by atoms with van der Waals surface area (Å²) >= 11 is 0. The molecule has 3 rings (SSSR count). The Morgan fingerprint density at radius 3 is 2.82 bits per heavy atom. The molecule has 0 bridgehead atoms. The zero-order chi connectivity index (χ0) is 15.7. The molecular formula is C14H12FN3O3S. The minimum absolute atomic E-state index is 0.0662. The first-order valence-electron chi connectivity index (χ1n) is 6.29. The minimum atomic E-state index is -3.98. The smallest absolute Gasteiger partial charge is 0.265 e. The second-order valence-electron chi connectivity index (χ2n) is 4.57. The highest BCUT2D eigenvalue weighted by molar-refractivity contribution is 7.92. The van der Waals surface area contributed by atoms with Crippen molar-refractivity contribution in [2.45, 2.75) is 4.90 Å². The number of ether oxygens (including phenoxy) is 1. The highest BCUT2D eigenvalue weighted by Crippen LogP contribution is 2.27. The molecule has 0 aliphatic carbocycles. The summed E-state index contributed by atoms with van der Waals surface area (Å²) in [5.41, 5.74) is 1.02. The van der Waals surface area contributed by atoms with Crippen molar-refractivity contribution in [3.05, 3.63) is 48.4 Å². The number of fused-ring (bicyclic) bond motifs is 1. The molecule has 1 aromatic heterocycles. The third kappa shape index (κ3) is 2.60. The zero-order valence-corrected chi connectivity index (χ0v) is 12.3. The van der Waals surface area contributed by atoms with Gasteiger partial charge < -0.3 is 4.74 Å². The molecule has 0 aliphatic rings. The van der Waals surface area contributed by atoms with Gasteiger partial charge in [0.15, 0.2) is 0 Å². The van der Waals surface area contributed by atoms with Crippen LogP contribution in [-0.4, -0.2) is 25.7 Å². The van der Waals surface area contributed by atoms with Crippen LogP contribution in [0.3, 0.4) is 0 Å². The molecule has 0 amide bonds. The fraction of sp³-hybridized carbons (Fsp3) is 0.0714. The van der Waals surface area contributed by atoms with E-state index in [1.807, 2.05) is 0 Å². The lowest BCUT2D eigenvalue weighted by Gasteiger charge is -2.11. The number of methoxy groups -OCH3 is 1. The number of anilines is 1. The molecule has 0 saturated carbocycles. The molecule has 0 saturated heterocycles. The van der Waals surface area contributed by atoms with Gasteiger partial charge in [-0.25, -0.2) is 12.8 Å². The number of hydrogen-bond donors (Lipinski definition) is 2. The Labute approximate surface area is 126 Å². The number of rotatable bonds is 4. The summed E-state index contributed by atoms with van der Waals surface area (Å²) in [5.74, 6) is -0.596. The van der Waals surface area contributed by atoms with Crippen molar-refractivity contribution in [2.75, 3.05) is 11.8 Å². The Hall–Kier alpha value is -2.61. The Bertz CT molecular complexity index is 937. The van der Waals surface area contributed by atoms with E-state index >= 15 is 0 Å². The maximum atomic E-state index is 13.4. The molecule has 0 unspecified atom stereocenters. The summed E-state index contributed by atoms with van der Waals surface area (Å²) in [6.45, 7) is 0. The lowest BCUT2D eigenvalue weighted by atomic mass is 10.2. The predicted octanol–water partition coefficient (Wildman–Crippen LogP) is 2.51. The van der Waals surface area contributed by atoms with Gasteiger partial charge in [0.25, 0.3) is 10.0 Å². The van der Waals surface area contributed by atoms with Gasteiger partial charge in [0, 0.05) is 5.39 Å². The monoisotopic (exact) mass is 321 g/mol. The molecule has 0 spiro atoms. The molecule has 1 heterocycles. The quantitative estimate of drug-likeness (QED) is 0.773. The average molecular weight is 321 g/mol. The van der Waals surface area contributed by atoms with Crippen molar-refractivity contribution in [3.8, 4) is 5.75 Å². The normalized spacial score (nSPS) is 11.5. The minimum Gasteiger partial charge on any atom is -0.495 e. The van der Waals surface area contributed by atoms with Crippen LogP contribution in [0.4, 0.5) is 10.1 Å². The third-order valence-corrected chi connectivity index (χ3v) is 4.51. The Kier molecular flexibility index (Phi) is 3.45. The zero-order valence-electron chi connectivity index (χ0n) is 11.5. The van der Waals surface area contributed by atoms with E-state index in [2.05, 4.69) is 14.9 Å². The van der Waals surface area contributed by atoms with Gasteiger partial charge in [-0.2, -0.15) is 5.10 Å². The molecular weight excluding hydrogens is 309 g/mol. The molecule has 0 fully saturated rings. The second kappa shape index (κ2) is 5.30. The van der Waals surface area contributed by atoms with E-state index < -0.39 is 15.8 Å². The fourth-order valence-corrected chi connectivity index (χ4v) is 3.30. The van der Waals surface area contributed by atoms with E-state index in [1.165, 1.54) is 13.2 Å². The maximum Gasteiger partial charge on any atom is 0.265 e. The molecule has 0 atom stereocenters. The van der Waals surface area contributed by atoms with Crippen LogP contribution < -0.4 is 9.46 Å². The van der Waals surface area contributed by atoms with E-state index in [0.29, 0.717) is 11.2 Å². The summed E-state index contributed by atoms with van der Waals surface area (Å²) in [4.78, 5) is -0.264. The summed E-state index contributed by atoms with van der Waals surface area (Å²) in [6, 6.07) is 8.23. The predicted molar refractivity (Wildman–Crippen MR) is 79.9 cm³/mol. The maximum absolute atomic E-state index is 13.4. The number of aromatic amines is 1. The highest BCUT2D eigenvalue weighted by atomic mass is 32.2. The number of H-pyrrole nitrogens is 1. The summed E-state index contributed by atoms with van der Waals surface area (Å²) < 4.78 is 45.6. The molecule has 2 aromatic carbocycles. The van der Waals surface area contributed by atoms with Crippen molar-refractivity contribution >= 4 is 26.6 Å². The van der Waals surface area contributed by atoms with Gasteiger partial charge in [-0.3, -0.25) is 9.82 Å². The van der Waals surface area contributed by atoms with Crippen LogP contribution in [0, 0.1) is 5.82 Å². The summed E-state index contributed by atoms with van der Waals surface area (Å²) in [5, 5.41) is 7.46. The number of halogens is 1. The van der Waals surface area contributed by atoms with Gasteiger partial charge in [-0.05, 0) is 36.4 Å². The first kappa shape index (κ1) is 14.3. The van der Waals surface area contributed by atoms with E-state index in [-0.39, 0.29) is 10.6 Å². The summed E-state index contributed by atoms with van der Waals surface area (Å²) in [7, 11) is -2.66. The van der Waals surface area contributed by atoms with Crippen LogP contribution in [0.2, 0.25) is 0 Å². The van der Waals surface area contributed by atoms with Gasteiger partial charge in [0.05, 0.1) is 24.5 Å². The van der Waals surface area contributed by atoms with Gasteiger partial charge >= 0.3 is 0 Å². The number of hydrogen-bond acceptors (Lipinski definition) is 4. The van der Waals surface area contributed by atoms with Crippen molar-refractivity contribution in [1.82, 2.24) is 10.2 Å². The molecule has 0 radical (unpaired) electrons. The summed E-state index contributed by atoms with van der Waals surface area (Å²) in [6.07, 6.45) is 1.63. The first-order chi connectivity index (χ1) is 10.5. The largest absolute Gasteiger partial charge is 0.495 e. The Morgan fingerprint density at radius 1 is 1.23 bits per heavy atom. The third-order valence-electron chi connectivity index (χ3n) is 3.11. The standard InChI is InChI=1S/C14H12FN3O3S/c1-21-13-5-3-10(15)6-14(13)22(19,20)18-11-4-2-9-8-16-17-12(9)7-11/h2-8,18H,1H3,(H,16,17). The van der Waals surface area contributed by atoms with Gasteiger partial charge in [-0.1, -0.05) is 0 Å². The number of nitrogens with zero attached hydrogens (tertiary/aromatic N) is 1. The van der Waals surface area contributed by atoms with Gasteiger partial charge in [-0.15, -0.1) is 0 Å². The molecule has 2 N–H and O–H groups in total. The Balaban J connectivity index is 2.01. The van der Waals surface area contributed by atoms with E-state index in [4.69, 9.17) is 4.74 Å². The van der Waals surface area contributed by atoms with Crippen LogP contribution >= 0.6 is 0 Å². The average Bonchev–Trinajstić information content (AvgIpc) is 2.94. The SMILES string of the molecule is COc1ccc(F)cc1S(=O)(=O)Nc1ccc2cn[nH]c2c1. The Morgan fingerprint density at radius 2 is 2.05 bits per heavy atom. The lowest BCUT2D eigenvalue weighted by Crippen LogP contribution is -2.14. The van der Waals surface area contributed by atoms with Crippen LogP contribution in [0.1, 0.15) is 0 Å². The van der Waals surface area contributed by atoms with E-state index in [1.54, 1.807) is 24.4 Å². The molecule has 8 heteroatoms. The molecule has 3 aromatic rings. The van der Waals surface area contributed by atoms with Crippen LogP contribution in [0.15, 0.2) is 47.5 Å². The van der Waals surface area contributed by atoms with Crippen molar-refractivity contribution in [2.24, 2.45) is 0 Å². The first-order valence-corrected chi connectivity index (χ1v) is 7.77. The van der Waals surface area contributed by atoms with Crippen LogP contribution in [0.25, 0.3) is 10.9 Å². The number of benzene rings is 2. The van der Waals surface area contributed by atoms with Crippen LogP contribution in [0.5, 0.6) is 5.75 Å². The molecule has 0 aliphatic heterocycles. The van der Waals surface area contributed by atoms with Gasteiger partial charge in [0.1, 0.15) is 16.5 Å². The number of nitrogens with one attached hydrogen (secondary N) is 2. The van der Waals surface area contributed by atoms with Crippen molar-refractivity contribution in [3.63, 3.8) is 0 Å². The van der Waals surface area contributed by atoms with Crippen molar-refractivity contribution < 1.29 is 17.5 Å². The van der Waals surface area contributed by atoms with E-state index in [9.17, 15) is 12.8 Å². The second-order valence-corrected chi connectivity index (χ2v) is 6.22. The number of sulfonamides is 1. The molecule has 6 nitrogen and oxygen atoms in total. The fourth-order valence-electron chi connectivity index (χ4n) is 2.07. The molecule has 22 heavy (non-hydrogen) atoms. The topological polar surface area (TPSA) is 84.1 Å². The van der Waals surface area contributed by atoms with Crippen LogP contribution in [-0.2, 0) is 10.0 Å². The van der Waals surface area contributed by atoms with E-state index in [0.717, 1.165) is 17.5 Å².